The van der Waals surface area contributed by atoms with Crippen LogP contribution in [0.1, 0.15) is 5.56 Å². The Hall–Kier alpha value is -0.0600. The molecule has 0 saturated heterocycles. The summed E-state index contributed by atoms with van der Waals surface area (Å²) in [5.74, 6) is 0. The Morgan fingerprint density at radius 3 is 2.46 bits per heavy atom. The molecule has 0 radical (unpaired) electrons. The van der Waals surface area contributed by atoms with Crippen molar-refractivity contribution >= 4 is 37.4 Å². The molecular weight excluding hydrogens is 276 g/mol. The van der Waals surface area contributed by atoms with Gasteiger partial charge in [0.1, 0.15) is 0 Å². The molecule has 0 aliphatic carbocycles. The summed E-state index contributed by atoms with van der Waals surface area (Å²) in [6, 6.07) is 4.78. The van der Waals surface area contributed by atoms with Crippen LogP contribution in [0.5, 0.6) is 0 Å². The van der Waals surface area contributed by atoms with Crippen molar-refractivity contribution in [3.63, 3.8) is 0 Å². The molecule has 5 heteroatoms. The molecule has 0 saturated carbocycles. The van der Waals surface area contributed by atoms with Gasteiger partial charge in [-0.25, -0.2) is 8.42 Å². The quantitative estimate of drug-likeness (QED) is 0.782. The van der Waals surface area contributed by atoms with Gasteiger partial charge in [0.05, 0.1) is 4.90 Å². The van der Waals surface area contributed by atoms with E-state index in [-0.39, 0.29) is 4.90 Å². The van der Waals surface area contributed by atoms with Crippen molar-refractivity contribution in [2.45, 2.75) is 10.2 Å². The first-order chi connectivity index (χ1) is 5.93. The summed E-state index contributed by atoms with van der Waals surface area (Å²) in [6.07, 6.45) is 1.16. The molecule has 72 valence electrons. The minimum atomic E-state index is -3.16. The van der Waals surface area contributed by atoms with E-state index in [9.17, 15) is 8.42 Å². The molecule has 0 aliphatic heterocycles. The van der Waals surface area contributed by atoms with E-state index in [0.717, 1.165) is 11.8 Å². The molecule has 0 aliphatic rings. The Morgan fingerprint density at radius 1 is 1.38 bits per heavy atom. The molecule has 0 N–H and O–H groups in total. The van der Waals surface area contributed by atoms with Gasteiger partial charge in [0.2, 0.25) is 0 Å². The minimum absolute atomic E-state index is 0.259. The topological polar surface area (TPSA) is 34.1 Å². The molecule has 0 heterocycles. The zero-order valence-electron chi connectivity index (χ0n) is 6.92. The summed E-state index contributed by atoms with van der Waals surface area (Å²) in [6.45, 7) is 0. The summed E-state index contributed by atoms with van der Waals surface area (Å²) in [7, 11) is -3.16. The maximum atomic E-state index is 11.2. The van der Waals surface area contributed by atoms with Crippen LogP contribution in [0.25, 0.3) is 0 Å². The molecule has 1 rings (SSSR count). The number of hydrogen-bond acceptors (Lipinski definition) is 2. The third kappa shape index (κ3) is 2.97. The van der Waals surface area contributed by atoms with Crippen molar-refractivity contribution in [2.24, 2.45) is 0 Å². The Bertz CT molecular complexity index is 414. The molecule has 0 aromatic heterocycles. The third-order valence-corrected chi connectivity index (χ3v) is 3.47. The Balaban J connectivity index is 3.33. The van der Waals surface area contributed by atoms with Crippen LogP contribution in [0.15, 0.2) is 23.1 Å². The molecule has 0 atom stereocenters. The van der Waals surface area contributed by atoms with E-state index in [1.165, 1.54) is 6.07 Å². The second-order valence-electron chi connectivity index (χ2n) is 2.70. The van der Waals surface area contributed by atoms with Crippen LogP contribution in [0, 0.1) is 0 Å². The Morgan fingerprint density at radius 2 is 2.00 bits per heavy atom. The lowest BCUT2D eigenvalue weighted by Gasteiger charge is -2.02. The normalized spacial score (nSPS) is 11.6. The number of rotatable bonds is 2. The first-order valence-corrected chi connectivity index (χ1v) is 6.88. The van der Waals surface area contributed by atoms with E-state index in [4.69, 9.17) is 11.6 Å². The van der Waals surface area contributed by atoms with Crippen molar-refractivity contribution < 1.29 is 8.42 Å². The maximum Gasteiger partial charge on any atom is 0.175 e. The smallest absolute Gasteiger partial charge is 0.175 e. The van der Waals surface area contributed by atoms with E-state index in [2.05, 4.69) is 15.9 Å². The van der Waals surface area contributed by atoms with Crippen LogP contribution in [0.2, 0.25) is 5.02 Å². The molecule has 1 aromatic rings. The fourth-order valence-corrected chi connectivity index (χ4v) is 2.26. The second-order valence-corrected chi connectivity index (χ2v) is 5.71. The van der Waals surface area contributed by atoms with E-state index in [1.54, 1.807) is 12.1 Å². The van der Waals surface area contributed by atoms with Gasteiger partial charge < -0.3 is 0 Å². The zero-order valence-corrected chi connectivity index (χ0v) is 10.1. The molecule has 0 bridgehead atoms. The average molecular weight is 284 g/mol. The van der Waals surface area contributed by atoms with Crippen LogP contribution in [-0.4, -0.2) is 14.7 Å². The minimum Gasteiger partial charge on any atom is -0.224 e. The highest BCUT2D eigenvalue weighted by Crippen LogP contribution is 2.20. The fraction of sp³-hybridized carbons (Fsp3) is 0.250. The lowest BCUT2D eigenvalue weighted by atomic mass is 10.2. The van der Waals surface area contributed by atoms with Crippen molar-refractivity contribution in [2.75, 3.05) is 6.26 Å². The van der Waals surface area contributed by atoms with Gasteiger partial charge in [-0.05, 0) is 23.8 Å². The molecular formula is C8H8BrClO2S. The number of alkyl halides is 1. The monoisotopic (exact) mass is 282 g/mol. The van der Waals surface area contributed by atoms with Crippen molar-refractivity contribution in [1.82, 2.24) is 0 Å². The van der Waals surface area contributed by atoms with E-state index in [0.29, 0.717) is 10.4 Å². The lowest BCUT2D eigenvalue weighted by molar-refractivity contribution is 0.602. The van der Waals surface area contributed by atoms with E-state index in [1.807, 2.05) is 0 Å². The summed E-state index contributed by atoms with van der Waals surface area (Å²) in [5, 5.41) is 1.04. The second kappa shape index (κ2) is 3.98. The summed E-state index contributed by atoms with van der Waals surface area (Å²) in [5.41, 5.74) is 0.855. The molecule has 0 fully saturated rings. The van der Waals surface area contributed by atoms with E-state index < -0.39 is 9.84 Å². The SMILES string of the molecule is CS(=O)(=O)c1cc(Cl)cc(CBr)c1. The summed E-state index contributed by atoms with van der Waals surface area (Å²) < 4.78 is 22.4. The molecule has 2 nitrogen and oxygen atoms in total. The molecule has 0 amide bonds. The van der Waals surface area contributed by atoms with Crippen LogP contribution in [0.3, 0.4) is 0 Å². The summed E-state index contributed by atoms with van der Waals surface area (Å²) >= 11 is 8.99. The average Bonchev–Trinajstić information content (AvgIpc) is 2.01. The molecule has 1 aromatic carbocycles. The van der Waals surface area contributed by atoms with Gasteiger partial charge in [-0.1, -0.05) is 27.5 Å². The highest BCUT2D eigenvalue weighted by atomic mass is 79.9. The van der Waals surface area contributed by atoms with Crippen molar-refractivity contribution in [1.29, 1.82) is 0 Å². The van der Waals surface area contributed by atoms with Crippen molar-refractivity contribution in [3.05, 3.63) is 28.8 Å². The summed E-state index contributed by atoms with van der Waals surface area (Å²) in [4.78, 5) is 0.259. The molecule has 0 unspecified atom stereocenters. The third-order valence-electron chi connectivity index (χ3n) is 1.51. The standard InChI is InChI=1S/C8H8BrClO2S/c1-13(11,12)8-3-6(5-9)2-7(10)4-8/h2-4H,5H2,1H3. The van der Waals surface area contributed by atoms with Crippen molar-refractivity contribution in [3.8, 4) is 0 Å². The van der Waals surface area contributed by atoms with Gasteiger partial charge in [-0.15, -0.1) is 0 Å². The maximum absolute atomic E-state index is 11.2. The van der Waals surface area contributed by atoms with Gasteiger partial charge in [0.25, 0.3) is 0 Å². The first kappa shape index (κ1) is 11.0. The molecule has 0 spiro atoms. The van der Waals surface area contributed by atoms with Gasteiger partial charge in [0, 0.05) is 16.6 Å². The van der Waals surface area contributed by atoms with Gasteiger partial charge >= 0.3 is 0 Å². The number of sulfone groups is 1. The Kier molecular flexibility index (Phi) is 3.38. The van der Waals surface area contributed by atoms with Crippen LogP contribution >= 0.6 is 27.5 Å². The Labute approximate surface area is 91.0 Å². The number of benzene rings is 1. The van der Waals surface area contributed by atoms with E-state index >= 15 is 0 Å². The fourth-order valence-electron chi connectivity index (χ4n) is 0.912. The van der Waals surface area contributed by atoms with Gasteiger partial charge in [-0.2, -0.15) is 0 Å². The molecule has 13 heavy (non-hydrogen) atoms. The van der Waals surface area contributed by atoms with Gasteiger partial charge in [0.15, 0.2) is 9.84 Å². The van der Waals surface area contributed by atoms with Gasteiger partial charge in [-0.3, -0.25) is 0 Å². The first-order valence-electron chi connectivity index (χ1n) is 3.49. The van der Waals surface area contributed by atoms with Crippen LogP contribution < -0.4 is 0 Å². The highest BCUT2D eigenvalue weighted by Gasteiger charge is 2.08. The van der Waals surface area contributed by atoms with Crippen LogP contribution in [0.4, 0.5) is 0 Å². The largest absolute Gasteiger partial charge is 0.224 e. The highest BCUT2D eigenvalue weighted by molar-refractivity contribution is 9.08. The number of hydrogen-bond donors (Lipinski definition) is 0. The predicted molar refractivity (Wildman–Crippen MR) is 57.2 cm³/mol. The predicted octanol–water partition coefficient (Wildman–Crippen LogP) is 2.64. The number of halogens is 2. The zero-order chi connectivity index (χ0) is 10.1. The lowest BCUT2D eigenvalue weighted by Crippen LogP contribution is -1.97. The van der Waals surface area contributed by atoms with Crippen LogP contribution in [-0.2, 0) is 15.2 Å².